The van der Waals surface area contributed by atoms with E-state index < -0.39 is 5.60 Å². The fraction of sp³-hybridized carbons (Fsp3) is 0.733. The summed E-state index contributed by atoms with van der Waals surface area (Å²) in [6.07, 6.45) is 7.20. The molecule has 1 saturated carbocycles. The summed E-state index contributed by atoms with van der Waals surface area (Å²) in [4.78, 5) is 8.32. The predicted molar refractivity (Wildman–Crippen MR) is 81.5 cm³/mol. The monoisotopic (exact) mass is 278 g/mol. The normalized spacial score (nSPS) is 26.4. The Labute approximate surface area is 121 Å². The number of nitrogens with two attached hydrogens (primary N) is 1. The van der Waals surface area contributed by atoms with E-state index in [2.05, 4.69) is 29.1 Å². The van der Waals surface area contributed by atoms with Gasteiger partial charge in [-0.1, -0.05) is 20.3 Å². The third kappa shape index (κ3) is 3.60. The summed E-state index contributed by atoms with van der Waals surface area (Å²) in [6.45, 7) is 4.89. The minimum absolute atomic E-state index is 0.535. The molecule has 1 fully saturated rings. The van der Waals surface area contributed by atoms with Crippen molar-refractivity contribution in [3.05, 3.63) is 11.9 Å². The summed E-state index contributed by atoms with van der Waals surface area (Å²) in [5.74, 6) is 2.03. The van der Waals surface area contributed by atoms with Gasteiger partial charge in [0.2, 0.25) is 0 Å². The molecule has 112 valence electrons. The highest BCUT2D eigenvalue weighted by molar-refractivity contribution is 5.55. The lowest BCUT2D eigenvalue weighted by Crippen LogP contribution is -2.40. The van der Waals surface area contributed by atoms with Crippen molar-refractivity contribution in [2.45, 2.75) is 58.0 Å². The molecule has 1 aliphatic carbocycles. The van der Waals surface area contributed by atoms with Gasteiger partial charge in [0, 0.05) is 12.1 Å². The molecule has 5 nitrogen and oxygen atoms in total. The first-order chi connectivity index (χ1) is 9.54. The van der Waals surface area contributed by atoms with E-state index in [-0.39, 0.29) is 0 Å². The molecule has 0 atom stereocenters. The molecule has 0 radical (unpaired) electrons. The highest BCUT2D eigenvalue weighted by Gasteiger charge is 2.31. The maximum Gasteiger partial charge on any atom is 0.134 e. The number of nitrogen functional groups attached to an aromatic ring is 1. The molecule has 0 unspecified atom stereocenters. The molecular formula is C15H26N4O. The van der Waals surface area contributed by atoms with Crippen molar-refractivity contribution >= 4 is 11.6 Å². The minimum atomic E-state index is -0.615. The Kier molecular flexibility index (Phi) is 4.81. The molecule has 0 amide bonds. The first-order valence-corrected chi connectivity index (χ1v) is 7.59. The van der Waals surface area contributed by atoms with E-state index in [0.717, 1.165) is 55.8 Å². The lowest BCUT2D eigenvalue weighted by atomic mass is 9.79. The fourth-order valence-electron chi connectivity index (χ4n) is 2.80. The summed E-state index contributed by atoms with van der Waals surface area (Å²) in [6, 6.07) is 0. The molecule has 0 aliphatic heterocycles. The zero-order valence-corrected chi connectivity index (χ0v) is 12.5. The van der Waals surface area contributed by atoms with Crippen molar-refractivity contribution < 1.29 is 5.11 Å². The molecule has 20 heavy (non-hydrogen) atoms. The number of nitrogens with zero attached hydrogens (tertiary/aromatic N) is 2. The van der Waals surface area contributed by atoms with E-state index in [1.54, 1.807) is 0 Å². The van der Waals surface area contributed by atoms with Gasteiger partial charge in [-0.3, -0.25) is 0 Å². The fourth-order valence-corrected chi connectivity index (χ4v) is 2.80. The quantitative estimate of drug-likeness (QED) is 0.770. The third-order valence-electron chi connectivity index (χ3n) is 4.27. The van der Waals surface area contributed by atoms with Crippen LogP contribution in [0.3, 0.4) is 0 Å². The number of hydrogen-bond donors (Lipinski definition) is 3. The maximum atomic E-state index is 10.6. The second-order valence-electron chi connectivity index (χ2n) is 6.10. The number of nitrogens with one attached hydrogen (secondary N) is 1. The first-order valence-electron chi connectivity index (χ1n) is 7.59. The Balaban J connectivity index is 2.02. The van der Waals surface area contributed by atoms with Crippen molar-refractivity contribution in [3.8, 4) is 0 Å². The van der Waals surface area contributed by atoms with Crippen LogP contribution in [0, 0.1) is 5.92 Å². The Hall–Kier alpha value is -1.36. The Morgan fingerprint density at radius 2 is 2.10 bits per heavy atom. The topological polar surface area (TPSA) is 84.1 Å². The lowest BCUT2D eigenvalue weighted by molar-refractivity contribution is 0.00493. The number of rotatable bonds is 5. The van der Waals surface area contributed by atoms with Gasteiger partial charge in [-0.05, 0) is 38.0 Å². The van der Waals surface area contributed by atoms with Gasteiger partial charge in [-0.2, -0.15) is 0 Å². The zero-order valence-electron chi connectivity index (χ0n) is 12.5. The summed E-state index contributed by atoms with van der Waals surface area (Å²) < 4.78 is 0. The van der Waals surface area contributed by atoms with Crippen LogP contribution in [0.15, 0.2) is 6.33 Å². The van der Waals surface area contributed by atoms with Gasteiger partial charge in [0.1, 0.15) is 18.0 Å². The predicted octanol–water partition coefficient (Wildman–Crippen LogP) is 2.36. The minimum Gasteiger partial charge on any atom is -0.388 e. The average Bonchev–Trinajstić information content (AvgIpc) is 2.43. The molecule has 4 N–H and O–H groups in total. The standard InChI is InChI=1S/C15H26N4O/c1-3-4-12-13(16)18-10-19-14(12)17-9-15(20)7-5-11(2)6-8-15/h10-11,20H,3-9H2,1-2H3,(H3,16,17,18,19). The number of aliphatic hydroxyl groups is 1. The van der Waals surface area contributed by atoms with Gasteiger partial charge in [0.15, 0.2) is 0 Å². The van der Waals surface area contributed by atoms with Crippen LogP contribution >= 0.6 is 0 Å². The number of aromatic nitrogens is 2. The molecule has 1 aromatic heterocycles. The molecule has 5 heteroatoms. The zero-order chi connectivity index (χ0) is 14.6. The van der Waals surface area contributed by atoms with Gasteiger partial charge in [0.25, 0.3) is 0 Å². The SMILES string of the molecule is CCCc1c(N)ncnc1NCC1(O)CCC(C)CC1. The Morgan fingerprint density at radius 3 is 2.75 bits per heavy atom. The summed E-state index contributed by atoms with van der Waals surface area (Å²) in [5.41, 5.74) is 6.26. The van der Waals surface area contributed by atoms with Crippen LogP contribution in [0.4, 0.5) is 11.6 Å². The molecule has 1 aromatic rings. The van der Waals surface area contributed by atoms with Crippen LogP contribution in [0.25, 0.3) is 0 Å². The summed E-state index contributed by atoms with van der Waals surface area (Å²) in [7, 11) is 0. The van der Waals surface area contributed by atoms with E-state index in [1.807, 2.05) is 0 Å². The van der Waals surface area contributed by atoms with Crippen molar-refractivity contribution in [3.63, 3.8) is 0 Å². The van der Waals surface area contributed by atoms with E-state index in [1.165, 1.54) is 6.33 Å². The largest absolute Gasteiger partial charge is 0.388 e. The van der Waals surface area contributed by atoms with E-state index in [0.29, 0.717) is 12.4 Å². The van der Waals surface area contributed by atoms with E-state index in [9.17, 15) is 5.11 Å². The first kappa shape index (κ1) is 15.0. The Morgan fingerprint density at radius 1 is 1.40 bits per heavy atom. The maximum absolute atomic E-state index is 10.6. The second-order valence-corrected chi connectivity index (χ2v) is 6.10. The van der Waals surface area contributed by atoms with Crippen LogP contribution in [0.2, 0.25) is 0 Å². The van der Waals surface area contributed by atoms with Crippen molar-refractivity contribution in [2.24, 2.45) is 5.92 Å². The third-order valence-corrected chi connectivity index (χ3v) is 4.27. The lowest BCUT2D eigenvalue weighted by Gasteiger charge is -2.35. The number of hydrogen-bond acceptors (Lipinski definition) is 5. The van der Waals surface area contributed by atoms with Gasteiger partial charge in [-0.15, -0.1) is 0 Å². The van der Waals surface area contributed by atoms with Crippen LogP contribution in [-0.4, -0.2) is 27.2 Å². The van der Waals surface area contributed by atoms with Crippen LogP contribution < -0.4 is 11.1 Å². The molecular weight excluding hydrogens is 252 g/mol. The molecule has 0 spiro atoms. The number of anilines is 2. The van der Waals surface area contributed by atoms with Gasteiger partial charge in [-0.25, -0.2) is 9.97 Å². The van der Waals surface area contributed by atoms with Crippen molar-refractivity contribution in [1.29, 1.82) is 0 Å². The molecule has 1 heterocycles. The van der Waals surface area contributed by atoms with Crippen molar-refractivity contribution in [2.75, 3.05) is 17.6 Å². The van der Waals surface area contributed by atoms with E-state index in [4.69, 9.17) is 5.73 Å². The highest BCUT2D eigenvalue weighted by atomic mass is 16.3. The summed E-state index contributed by atoms with van der Waals surface area (Å²) >= 11 is 0. The van der Waals surface area contributed by atoms with E-state index >= 15 is 0 Å². The Bertz CT molecular complexity index is 441. The van der Waals surface area contributed by atoms with Gasteiger partial charge < -0.3 is 16.2 Å². The molecule has 0 saturated heterocycles. The molecule has 1 aliphatic rings. The molecule has 2 rings (SSSR count). The van der Waals surface area contributed by atoms with Crippen LogP contribution in [0.5, 0.6) is 0 Å². The smallest absolute Gasteiger partial charge is 0.134 e. The van der Waals surface area contributed by atoms with Gasteiger partial charge in [0.05, 0.1) is 5.60 Å². The van der Waals surface area contributed by atoms with Crippen molar-refractivity contribution in [1.82, 2.24) is 9.97 Å². The summed E-state index contributed by atoms with van der Waals surface area (Å²) in [5, 5.41) is 13.9. The second kappa shape index (κ2) is 6.39. The van der Waals surface area contributed by atoms with Gasteiger partial charge >= 0.3 is 0 Å². The average molecular weight is 278 g/mol. The highest BCUT2D eigenvalue weighted by Crippen LogP contribution is 2.32. The van der Waals surface area contributed by atoms with Crippen LogP contribution in [-0.2, 0) is 6.42 Å². The molecule has 0 aromatic carbocycles. The molecule has 0 bridgehead atoms. The van der Waals surface area contributed by atoms with Crippen LogP contribution in [0.1, 0.15) is 51.5 Å².